The summed E-state index contributed by atoms with van der Waals surface area (Å²) in [7, 11) is 0. The van der Waals surface area contributed by atoms with Crippen LogP contribution in [0.15, 0.2) is 23.8 Å². The fourth-order valence-electron chi connectivity index (χ4n) is 1.09. The maximum atomic E-state index is 2.34. The van der Waals surface area contributed by atoms with Crippen molar-refractivity contribution in [3.63, 3.8) is 0 Å². The van der Waals surface area contributed by atoms with Gasteiger partial charge in [0.05, 0.1) is 0 Å². The second kappa shape index (κ2) is 8.58. The van der Waals surface area contributed by atoms with Crippen LogP contribution in [0.3, 0.4) is 0 Å². The zero-order valence-electron chi connectivity index (χ0n) is 8.77. The molecule has 0 aliphatic rings. The van der Waals surface area contributed by atoms with Crippen molar-refractivity contribution < 1.29 is 0 Å². The minimum Gasteiger partial charge on any atom is -0.0885 e. The minimum atomic E-state index is 1.11. The maximum Gasteiger partial charge on any atom is -0.0167 e. The third-order valence-electron chi connectivity index (χ3n) is 1.93. The van der Waals surface area contributed by atoms with Gasteiger partial charge in [-0.15, -0.1) is 0 Å². The van der Waals surface area contributed by atoms with Crippen LogP contribution in [0.2, 0.25) is 0 Å². The lowest BCUT2D eigenvalue weighted by Crippen LogP contribution is -1.76. The molecule has 0 heteroatoms. The van der Waals surface area contributed by atoms with Gasteiger partial charge in [-0.1, -0.05) is 44.1 Å². The maximum absolute atomic E-state index is 2.34. The summed E-state index contributed by atoms with van der Waals surface area (Å²) in [6.45, 7) is 6.64. The van der Waals surface area contributed by atoms with E-state index < -0.39 is 0 Å². The van der Waals surface area contributed by atoms with Crippen molar-refractivity contribution >= 4 is 0 Å². The Balaban J connectivity index is 3.47. The Morgan fingerprint density at radius 3 is 2.50 bits per heavy atom. The normalized spacial score (nSPS) is 12.8. The van der Waals surface area contributed by atoms with Crippen molar-refractivity contribution in [3.8, 4) is 0 Å². The number of allylic oxidation sites excluding steroid dienone is 4. The van der Waals surface area contributed by atoms with Gasteiger partial charge in [0.15, 0.2) is 0 Å². The molecule has 0 aromatic heterocycles. The fraction of sp³-hybridized carbons (Fsp3) is 0.667. The molecule has 12 heavy (non-hydrogen) atoms. The van der Waals surface area contributed by atoms with Crippen molar-refractivity contribution in [2.45, 2.75) is 52.9 Å². The monoisotopic (exact) mass is 166 g/mol. The van der Waals surface area contributed by atoms with Gasteiger partial charge in [0.25, 0.3) is 0 Å². The Hall–Kier alpha value is -0.520. The molecule has 0 spiro atoms. The van der Waals surface area contributed by atoms with Gasteiger partial charge in [-0.25, -0.2) is 0 Å². The van der Waals surface area contributed by atoms with Crippen LogP contribution in [0, 0.1) is 0 Å². The van der Waals surface area contributed by atoms with Gasteiger partial charge in [0, 0.05) is 0 Å². The summed E-state index contributed by atoms with van der Waals surface area (Å²) in [6, 6.07) is 0. The lowest BCUT2D eigenvalue weighted by Gasteiger charge is -1.97. The molecule has 0 saturated carbocycles. The van der Waals surface area contributed by atoms with E-state index in [1.165, 1.54) is 24.8 Å². The molecule has 0 bridgehead atoms. The van der Waals surface area contributed by atoms with Crippen molar-refractivity contribution in [1.82, 2.24) is 0 Å². The Kier molecular flexibility index (Phi) is 8.20. The molecule has 0 aliphatic heterocycles. The van der Waals surface area contributed by atoms with Crippen LogP contribution >= 0.6 is 0 Å². The largest absolute Gasteiger partial charge is 0.0885 e. The summed E-state index contributed by atoms with van der Waals surface area (Å²) in [5.74, 6) is 0. The Labute approximate surface area is 77.4 Å². The molecule has 70 valence electrons. The highest BCUT2D eigenvalue weighted by atomic mass is 13.9. The molecule has 0 N–H and O–H groups in total. The number of rotatable bonds is 6. The van der Waals surface area contributed by atoms with Crippen LogP contribution in [0.5, 0.6) is 0 Å². The Morgan fingerprint density at radius 2 is 1.92 bits per heavy atom. The molecule has 0 heterocycles. The van der Waals surface area contributed by atoms with E-state index in [4.69, 9.17) is 0 Å². The molecule has 0 rings (SSSR count). The second-order valence-electron chi connectivity index (χ2n) is 3.27. The summed E-state index contributed by atoms with van der Waals surface area (Å²) in [6.07, 6.45) is 13.0. The first kappa shape index (κ1) is 11.5. The summed E-state index contributed by atoms with van der Waals surface area (Å²) >= 11 is 0. The molecule has 0 fully saturated rings. The fourth-order valence-corrected chi connectivity index (χ4v) is 1.09. The van der Waals surface area contributed by atoms with Crippen molar-refractivity contribution in [2.75, 3.05) is 0 Å². The third kappa shape index (κ3) is 7.59. The molecule has 0 radical (unpaired) electrons. The summed E-state index contributed by atoms with van der Waals surface area (Å²) in [5, 5.41) is 0. The molecular formula is C12H22. The Morgan fingerprint density at radius 1 is 1.17 bits per heavy atom. The third-order valence-corrected chi connectivity index (χ3v) is 1.93. The molecule has 0 aromatic carbocycles. The Bertz CT molecular complexity index is 140. The van der Waals surface area contributed by atoms with Gasteiger partial charge in [-0.05, 0) is 32.6 Å². The quantitative estimate of drug-likeness (QED) is 0.510. The van der Waals surface area contributed by atoms with Gasteiger partial charge in [-0.2, -0.15) is 0 Å². The molecule has 0 amide bonds. The average Bonchev–Trinajstić information content (AvgIpc) is 2.09. The second-order valence-corrected chi connectivity index (χ2v) is 3.27. The first-order valence-electron chi connectivity index (χ1n) is 5.11. The topological polar surface area (TPSA) is 0 Å². The highest BCUT2D eigenvalue weighted by Gasteiger charge is 1.86. The van der Waals surface area contributed by atoms with Gasteiger partial charge < -0.3 is 0 Å². The van der Waals surface area contributed by atoms with Crippen molar-refractivity contribution in [2.24, 2.45) is 0 Å². The molecule has 0 saturated heterocycles. The molecule has 0 aliphatic carbocycles. The van der Waals surface area contributed by atoms with E-state index in [9.17, 15) is 0 Å². The van der Waals surface area contributed by atoms with Gasteiger partial charge >= 0.3 is 0 Å². The van der Waals surface area contributed by atoms with Crippen LogP contribution in [0.25, 0.3) is 0 Å². The van der Waals surface area contributed by atoms with E-state index in [0.717, 1.165) is 12.8 Å². The highest BCUT2D eigenvalue weighted by molar-refractivity contribution is 5.01. The first-order chi connectivity index (χ1) is 5.81. The van der Waals surface area contributed by atoms with Crippen molar-refractivity contribution in [1.29, 1.82) is 0 Å². The molecule has 0 atom stereocenters. The zero-order chi connectivity index (χ0) is 9.23. The van der Waals surface area contributed by atoms with Crippen LogP contribution in [-0.2, 0) is 0 Å². The zero-order valence-corrected chi connectivity index (χ0v) is 8.77. The smallest absolute Gasteiger partial charge is 0.0167 e. The van der Waals surface area contributed by atoms with E-state index in [1.54, 1.807) is 0 Å². The van der Waals surface area contributed by atoms with Crippen LogP contribution < -0.4 is 0 Å². The first-order valence-corrected chi connectivity index (χ1v) is 5.11. The summed E-state index contributed by atoms with van der Waals surface area (Å²) in [4.78, 5) is 0. The minimum absolute atomic E-state index is 1.11. The van der Waals surface area contributed by atoms with Crippen LogP contribution in [0.4, 0.5) is 0 Å². The SMILES string of the molecule is CCC=CCC=C(C)CCCC. The molecule has 0 unspecified atom stereocenters. The summed E-state index contributed by atoms with van der Waals surface area (Å²) < 4.78 is 0. The summed E-state index contributed by atoms with van der Waals surface area (Å²) in [5.41, 5.74) is 1.54. The predicted molar refractivity (Wildman–Crippen MR) is 57.3 cm³/mol. The van der Waals surface area contributed by atoms with Gasteiger partial charge in [-0.3, -0.25) is 0 Å². The molecule has 0 nitrogen and oxygen atoms in total. The van der Waals surface area contributed by atoms with E-state index >= 15 is 0 Å². The number of hydrogen-bond acceptors (Lipinski definition) is 0. The molecular weight excluding hydrogens is 144 g/mol. The van der Waals surface area contributed by atoms with Gasteiger partial charge in [0.1, 0.15) is 0 Å². The van der Waals surface area contributed by atoms with E-state index in [-0.39, 0.29) is 0 Å². The highest BCUT2D eigenvalue weighted by Crippen LogP contribution is 2.07. The predicted octanol–water partition coefficient (Wildman–Crippen LogP) is 4.48. The van der Waals surface area contributed by atoms with Crippen molar-refractivity contribution in [3.05, 3.63) is 23.8 Å². The molecule has 0 aromatic rings. The van der Waals surface area contributed by atoms with E-state index in [2.05, 4.69) is 39.0 Å². The lowest BCUT2D eigenvalue weighted by atomic mass is 10.1. The van der Waals surface area contributed by atoms with Crippen LogP contribution in [-0.4, -0.2) is 0 Å². The standard InChI is InChI=1S/C12H22/c1-4-6-8-9-11-12(3)10-7-5-2/h6,8,11H,4-5,7,9-10H2,1-3H3. The lowest BCUT2D eigenvalue weighted by molar-refractivity contribution is 0.785. The van der Waals surface area contributed by atoms with Gasteiger partial charge in [0.2, 0.25) is 0 Å². The number of hydrogen-bond donors (Lipinski definition) is 0. The average molecular weight is 166 g/mol. The van der Waals surface area contributed by atoms with Crippen LogP contribution in [0.1, 0.15) is 52.9 Å². The number of unbranched alkanes of at least 4 members (excludes halogenated alkanes) is 1. The van der Waals surface area contributed by atoms with E-state index in [1.807, 2.05) is 0 Å². The van der Waals surface area contributed by atoms with E-state index in [0.29, 0.717) is 0 Å².